The van der Waals surface area contributed by atoms with Gasteiger partial charge in [0.05, 0.1) is 18.4 Å². The van der Waals surface area contributed by atoms with Crippen molar-refractivity contribution in [3.05, 3.63) is 70.7 Å². The van der Waals surface area contributed by atoms with Crippen molar-refractivity contribution in [1.29, 1.82) is 0 Å². The van der Waals surface area contributed by atoms with E-state index >= 15 is 0 Å². The standard InChI is InChI=1S/C23H21F3N4O2/c24-18-7-13(8-19(25)21(18)26)14-3-4-28-10-16(14)17-11-29-30-5-6-32-20-9-12(23(27)31)1-2-15(20)22(17)30/h1-2,7-9,11,14,16,28H,3-6,10H2,(H2,27,31)/t14-,16+/m1/s1. The van der Waals surface area contributed by atoms with Gasteiger partial charge in [-0.2, -0.15) is 5.10 Å². The van der Waals surface area contributed by atoms with E-state index in [1.54, 1.807) is 24.4 Å². The van der Waals surface area contributed by atoms with Gasteiger partial charge in [-0.15, -0.1) is 0 Å². The highest BCUT2D eigenvalue weighted by molar-refractivity contribution is 5.94. The van der Waals surface area contributed by atoms with Crippen LogP contribution in [0.4, 0.5) is 13.2 Å². The van der Waals surface area contributed by atoms with Crippen molar-refractivity contribution in [1.82, 2.24) is 15.1 Å². The number of halogens is 3. The maximum Gasteiger partial charge on any atom is 0.248 e. The summed E-state index contributed by atoms with van der Waals surface area (Å²) >= 11 is 0. The number of primary amides is 1. The van der Waals surface area contributed by atoms with Crippen LogP contribution in [-0.4, -0.2) is 35.4 Å². The molecule has 1 aromatic heterocycles. The van der Waals surface area contributed by atoms with Crippen molar-refractivity contribution in [3.63, 3.8) is 0 Å². The van der Waals surface area contributed by atoms with Gasteiger partial charge in [0.25, 0.3) is 0 Å². The lowest BCUT2D eigenvalue weighted by molar-refractivity contribution is 0.1000. The molecule has 0 bridgehead atoms. The largest absolute Gasteiger partial charge is 0.491 e. The van der Waals surface area contributed by atoms with Gasteiger partial charge < -0.3 is 15.8 Å². The van der Waals surface area contributed by atoms with Gasteiger partial charge in [0.15, 0.2) is 17.5 Å². The van der Waals surface area contributed by atoms with Crippen LogP contribution in [0.15, 0.2) is 36.5 Å². The predicted molar refractivity (Wildman–Crippen MR) is 111 cm³/mol. The van der Waals surface area contributed by atoms with Crippen molar-refractivity contribution in [2.24, 2.45) is 5.73 Å². The first-order valence-corrected chi connectivity index (χ1v) is 10.4. The molecule has 1 amide bonds. The van der Waals surface area contributed by atoms with E-state index in [2.05, 4.69) is 10.4 Å². The first-order valence-electron chi connectivity index (χ1n) is 10.4. The fraction of sp³-hybridized carbons (Fsp3) is 0.304. The van der Waals surface area contributed by atoms with Crippen LogP contribution in [0.25, 0.3) is 11.3 Å². The molecule has 0 saturated carbocycles. The molecule has 3 N–H and O–H groups in total. The smallest absolute Gasteiger partial charge is 0.248 e. The van der Waals surface area contributed by atoms with Crippen LogP contribution in [0.2, 0.25) is 0 Å². The molecule has 3 aromatic rings. The second-order valence-electron chi connectivity index (χ2n) is 8.10. The van der Waals surface area contributed by atoms with Crippen LogP contribution in [0.1, 0.15) is 39.7 Å². The van der Waals surface area contributed by atoms with Crippen LogP contribution in [0.5, 0.6) is 5.75 Å². The molecular weight excluding hydrogens is 421 g/mol. The summed E-state index contributed by atoms with van der Waals surface area (Å²) < 4.78 is 49.2. The van der Waals surface area contributed by atoms with Crippen molar-refractivity contribution in [2.45, 2.75) is 24.8 Å². The number of nitrogens with two attached hydrogens (primary N) is 1. The molecule has 9 heteroatoms. The molecule has 2 atom stereocenters. The van der Waals surface area contributed by atoms with Crippen LogP contribution >= 0.6 is 0 Å². The topological polar surface area (TPSA) is 82.2 Å². The normalized spacial score (nSPS) is 20.1. The first-order chi connectivity index (χ1) is 15.4. The highest BCUT2D eigenvalue weighted by Gasteiger charge is 2.34. The van der Waals surface area contributed by atoms with Crippen LogP contribution in [0, 0.1) is 17.5 Å². The number of fused-ring (bicyclic) bond motifs is 3. The Bertz CT molecular complexity index is 1190. The summed E-state index contributed by atoms with van der Waals surface area (Å²) in [5.41, 5.74) is 8.66. The highest BCUT2D eigenvalue weighted by Crippen LogP contribution is 2.44. The second kappa shape index (κ2) is 7.98. The number of amides is 1. The summed E-state index contributed by atoms with van der Waals surface area (Å²) in [6.45, 7) is 2.11. The minimum absolute atomic E-state index is 0.154. The zero-order valence-electron chi connectivity index (χ0n) is 17.1. The Morgan fingerprint density at radius 1 is 1.16 bits per heavy atom. The molecule has 2 aliphatic heterocycles. The number of aromatic nitrogens is 2. The third-order valence-corrected chi connectivity index (χ3v) is 6.27. The van der Waals surface area contributed by atoms with Crippen molar-refractivity contribution in [2.75, 3.05) is 19.7 Å². The van der Waals surface area contributed by atoms with E-state index in [1.807, 2.05) is 4.68 Å². The number of hydrogen-bond donors (Lipinski definition) is 2. The van der Waals surface area contributed by atoms with Gasteiger partial charge in [-0.05, 0) is 54.8 Å². The van der Waals surface area contributed by atoms with E-state index in [0.29, 0.717) is 49.5 Å². The number of rotatable bonds is 3. The lowest BCUT2D eigenvalue weighted by Gasteiger charge is -2.33. The summed E-state index contributed by atoms with van der Waals surface area (Å²) in [4.78, 5) is 11.6. The van der Waals surface area contributed by atoms with Gasteiger partial charge in [-0.25, -0.2) is 13.2 Å². The third-order valence-electron chi connectivity index (χ3n) is 6.27. The number of carbonyl (C=O) groups excluding carboxylic acids is 1. The number of nitrogens with zero attached hydrogens (tertiary/aromatic N) is 2. The summed E-state index contributed by atoms with van der Waals surface area (Å²) in [6, 6.07) is 7.20. The monoisotopic (exact) mass is 442 g/mol. The van der Waals surface area contributed by atoms with E-state index in [1.165, 1.54) is 0 Å². The molecule has 1 fully saturated rings. The van der Waals surface area contributed by atoms with Gasteiger partial charge in [-0.1, -0.05) is 0 Å². The number of benzene rings is 2. The molecule has 0 aliphatic carbocycles. The molecule has 5 rings (SSSR count). The maximum atomic E-state index is 14.0. The first kappa shape index (κ1) is 20.6. The number of nitrogens with one attached hydrogen (secondary N) is 1. The Kier molecular flexibility index (Phi) is 5.13. The van der Waals surface area contributed by atoms with Gasteiger partial charge in [-0.3, -0.25) is 9.48 Å². The molecule has 166 valence electrons. The Morgan fingerprint density at radius 2 is 1.94 bits per heavy atom. The number of piperidine rings is 1. The fourth-order valence-electron chi connectivity index (χ4n) is 4.74. The minimum Gasteiger partial charge on any atom is -0.491 e. The molecule has 32 heavy (non-hydrogen) atoms. The van der Waals surface area contributed by atoms with Gasteiger partial charge in [0, 0.05) is 29.2 Å². The lowest BCUT2D eigenvalue weighted by Crippen LogP contribution is -2.34. The zero-order chi connectivity index (χ0) is 22.4. The molecule has 2 aromatic carbocycles. The van der Waals surface area contributed by atoms with Gasteiger partial charge in [0.1, 0.15) is 12.4 Å². The highest BCUT2D eigenvalue weighted by atomic mass is 19.2. The molecule has 2 aliphatic rings. The lowest BCUT2D eigenvalue weighted by atomic mass is 9.77. The molecule has 0 radical (unpaired) electrons. The van der Waals surface area contributed by atoms with E-state index in [0.717, 1.165) is 29.0 Å². The quantitative estimate of drug-likeness (QED) is 0.610. The number of carbonyl (C=O) groups is 1. The van der Waals surface area contributed by atoms with E-state index in [9.17, 15) is 18.0 Å². The zero-order valence-corrected chi connectivity index (χ0v) is 17.1. The Labute approximate surface area is 182 Å². The molecule has 3 heterocycles. The Morgan fingerprint density at radius 3 is 2.69 bits per heavy atom. The van der Waals surface area contributed by atoms with E-state index in [4.69, 9.17) is 10.5 Å². The summed E-state index contributed by atoms with van der Waals surface area (Å²) in [6.07, 6.45) is 2.40. The van der Waals surface area contributed by atoms with Crippen LogP contribution in [0.3, 0.4) is 0 Å². The van der Waals surface area contributed by atoms with Gasteiger partial charge in [0.2, 0.25) is 5.91 Å². The average Bonchev–Trinajstić information content (AvgIpc) is 3.11. The minimum atomic E-state index is -1.46. The van der Waals surface area contributed by atoms with Crippen molar-refractivity contribution in [3.8, 4) is 17.0 Å². The maximum absolute atomic E-state index is 14.0. The van der Waals surface area contributed by atoms with Crippen molar-refractivity contribution < 1.29 is 22.7 Å². The van der Waals surface area contributed by atoms with Crippen LogP contribution < -0.4 is 15.8 Å². The Balaban J connectivity index is 1.62. The summed E-state index contributed by atoms with van der Waals surface area (Å²) in [5, 5.41) is 7.88. The Hall–Kier alpha value is -3.33. The molecule has 1 saturated heterocycles. The molecule has 0 unspecified atom stereocenters. The average molecular weight is 442 g/mol. The van der Waals surface area contributed by atoms with E-state index < -0.39 is 23.4 Å². The SMILES string of the molecule is NC(=O)c1ccc2c(c1)OCCn1ncc([C@H]3CNCC[C@@H]3c3cc(F)c(F)c(F)c3)c1-2. The van der Waals surface area contributed by atoms with E-state index in [-0.39, 0.29) is 11.8 Å². The second-order valence-corrected chi connectivity index (χ2v) is 8.10. The van der Waals surface area contributed by atoms with Gasteiger partial charge >= 0.3 is 0 Å². The van der Waals surface area contributed by atoms with Crippen molar-refractivity contribution >= 4 is 5.91 Å². The fourth-order valence-corrected chi connectivity index (χ4v) is 4.74. The van der Waals surface area contributed by atoms with Crippen LogP contribution in [-0.2, 0) is 6.54 Å². The molecule has 6 nitrogen and oxygen atoms in total. The predicted octanol–water partition coefficient (Wildman–Crippen LogP) is 3.32. The summed E-state index contributed by atoms with van der Waals surface area (Å²) in [5.74, 6) is -4.25. The molecule has 0 spiro atoms. The number of ether oxygens (including phenoxy) is 1. The summed E-state index contributed by atoms with van der Waals surface area (Å²) in [7, 11) is 0. The number of hydrogen-bond acceptors (Lipinski definition) is 4. The third kappa shape index (κ3) is 3.42. The molecular formula is C23H21F3N4O2.